The van der Waals surface area contributed by atoms with Crippen molar-refractivity contribution in [3.05, 3.63) is 35.9 Å². The van der Waals surface area contributed by atoms with Crippen LogP contribution >= 0.6 is 0 Å². The molecule has 8 heteroatoms. The quantitative estimate of drug-likeness (QED) is 0.871. The Balaban J connectivity index is 1.96. The van der Waals surface area contributed by atoms with Gasteiger partial charge >= 0.3 is 18.0 Å². The molecule has 1 amide bonds. The molecule has 26 heavy (non-hydrogen) atoms. The number of amides is 1. The Hall–Kier alpha value is -2.61. The molecule has 0 aliphatic carbocycles. The lowest BCUT2D eigenvalue weighted by Gasteiger charge is -2.37. The zero-order chi connectivity index (χ0) is 19.3. The summed E-state index contributed by atoms with van der Waals surface area (Å²) >= 11 is 0. The molecule has 2 rings (SSSR count). The number of ether oxygens (including phenoxy) is 1. The highest BCUT2D eigenvalue weighted by molar-refractivity contribution is 5.80. The number of carbonyl (C=O) groups is 3. The first-order valence-corrected chi connectivity index (χ1v) is 8.36. The maximum atomic E-state index is 12.3. The van der Waals surface area contributed by atoms with Crippen LogP contribution in [0.4, 0.5) is 4.79 Å². The van der Waals surface area contributed by atoms with E-state index in [-0.39, 0.29) is 26.2 Å². The van der Waals surface area contributed by atoms with E-state index in [1.165, 1.54) is 5.06 Å². The van der Waals surface area contributed by atoms with E-state index in [0.29, 0.717) is 0 Å². The van der Waals surface area contributed by atoms with Crippen molar-refractivity contribution in [1.29, 1.82) is 0 Å². The molecular weight excluding hydrogens is 340 g/mol. The fourth-order valence-electron chi connectivity index (χ4n) is 2.33. The van der Waals surface area contributed by atoms with Gasteiger partial charge in [-0.2, -0.15) is 0 Å². The predicted molar refractivity (Wildman–Crippen MR) is 91.9 cm³/mol. The van der Waals surface area contributed by atoms with Gasteiger partial charge in [0, 0.05) is 6.54 Å². The average Bonchev–Trinajstić information content (AvgIpc) is 2.59. The third kappa shape index (κ3) is 5.19. The lowest BCUT2D eigenvalue weighted by atomic mass is 9.98. The molecule has 1 atom stereocenters. The van der Waals surface area contributed by atoms with E-state index in [1.807, 2.05) is 30.3 Å². The topological polar surface area (TPSA) is 96.4 Å². The van der Waals surface area contributed by atoms with Gasteiger partial charge in [-0.15, -0.1) is 5.06 Å². The fourth-order valence-corrected chi connectivity index (χ4v) is 2.33. The molecule has 0 spiro atoms. The van der Waals surface area contributed by atoms with Gasteiger partial charge in [-0.3, -0.25) is 4.90 Å². The molecular formula is C18H24N2O6. The van der Waals surface area contributed by atoms with Crippen LogP contribution in [0.1, 0.15) is 26.3 Å². The molecule has 0 radical (unpaired) electrons. The molecule has 1 fully saturated rings. The van der Waals surface area contributed by atoms with Crippen molar-refractivity contribution >= 4 is 18.0 Å². The summed E-state index contributed by atoms with van der Waals surface area (Å²) in [6, 6.07) is 7.97. The smallest absolute Gasteiger partial charge is 0.410 e. The van der Waals surface area contributed by atoms with Gasteiger partial charge in [-0.05, 0) is 26.3 Å². The van der Waals surface area contributed by atoms with Gasteiger partial charge in [0.2, 0.25) is 0 Å². The summed E-state index contributed by atoms with van der Waals surface area (Å²) in [5.41, 5.74) is 0.107. The van der Waals surface area contributed by atoms with E-state index in [9.17, 15) is 19.5 Å². The summed E-state index contributed by atoms with van der Waals surface area (Å²) in [6.07, 6.45) is -0.706. The Morgan fingerprint density at radius 3 is 2.38 bits per heavy atom. The zero-order valence-corrected chi connectivity index (χ0v) is 15.2. The van der Waals surface area contributed by atoms with Gasteiger partial charge in [-0.1, -0.05) is 30.3 Å². The van der Waals surface area contributed by atoms with E-state index in [4.69, 9.17) is 9.57 Å². The van der Waals surface area contributed by atoms with Crippen molar-refractivity contribution in [3.8, 4) is 0 Å². The minimum Gasteiger partial charge on any atom is -0.480 e. The number of aliphatic carboxylic acids is 1. The second-order valence-corrected chi connectivity index (χ2v) is 7.10. The highest BCUT2D eigenvalue weighted by atomic mass is 16.7. The van der Waals surface area contributed by atoms with Crippen LogP contribution in [0.15, 0.2) is 30.3 Å². The van der Waals surface area contributed by atoms with Crippen molar-refractivity contribution in [2.75, 3.05) is 19.6 Å². The van der Waals surface area contributed by atoms with Crippen molar-refractivity contribution in [3.63, 3.8) is 0 Å². The first kappa shape index (κ1) is 19.7. The van der Waals surface area contributed by atoms with Crippen LogP contribution in [0.3, 0.4) is 0 Å². The summed E-state index contributed by atoms with van der Waals surface area (Å²) < 4.78 is 5.22. The monoisotopic (exact) mass is 364 g/mol. The van der Waals surface area contributed by atoms with Crippen LogP contribution in [-0.4, -0.2) is 58.8 Å². The molecule has 1 N–H and O–H groups in total. The third-order valence-corrected chi connectivity index (χ3v) is 3.89. The SMILES string of the molecule is CC(C)(C)C(=O)ON1CCN(C(=O)OCc2ccccc2)C(C(=O)O)C1. The standard InChI is InChI=1S/C18H24N2O6/c1-18(2,3)16(23)26-19-9-10-20(14(11-19)15(21)22)17(24)25-12-13-7-5-4-6-8-13/h4-8,14H,9-12H2,1-3H3,(H,21,22). The van der Waals surface area contributed by atoms with Crippen LogP contribution in [0.2, 0.25) is 0 Å². The largest absolute Gasteiger partial charge is 0.480 e. The van der Waals surface area contributed by atoms with Crippen LogP contribution in [0, 0.1) is 5.41 Å². The van der Waals surface area contributed by atoms with Crippen LogP contribution in [-0.2, 0) is 25.8 Å². The fraction of sp³-hybridized carbons (Fsp3) is 0.500. The van der Waals surface area contributed by atoms with E-state index in [2.05, 4.69) is 0 Å². The van der Waals surface area contributed by atoms with Gasteiger partial charge in [0.1, 0.15) is 12.6 Å². The number of carboxylic acid groups (broad SMARTS) is 1. The van der Waals surface area contributed by atoms with Gasteiger partial charge in [-0.25, -0.2) is 14.4 Å². The maximum absolute atomic E-state index is 12.3. The number of hydrogen-bond donors (Lipinski definition) is 1. The molecule has 1 saturated heterocycles. The Morgan fingerprint density at radius 2 is 1.81 bits per heavy atom. The van der Waals surface area contributed by atoms with Crippen LogP contribution in [0.5, 0.6) is 0 Å². The van der Waals surface area contributed by atoms with Gasteiger partial charge in [0.05, 0.1) is 18.5 Å². The first-order valence-electron chi connectivity index (χ1n) is 8.36. The number of carboxylic acids is 1. The van der Waals surface area contributed by atoms with Crippen molar-refractivity contribution in [2.45, 2.75) is 33.4 Å². The first-order chi connectivity index (χ1) is 12.2. The predicted octanol–water partition coefficient (Wildman–Crippen LogP) is 1.90. The Kier molecular flexibility index (Phi) is 6.20. The minimum atomic E-state index is -1.18. The summed E-state index contributed by atoms with van der Waals surface area (Å²) in [5.74, 6) is -1.64. The highest BCUT2D eigenvalue weighted by Crippen LogP contribution is 2.19. The molecule has 142 valence electrons. The van der Waals surface area contributed by atoms with E-state index in [1.54, 1.807) is 20.8 Å². The molecule has 1 aliphatic rings. The third-order valence-electron chi connectivity index (χ3n) is 3.89. The summed E-state index contributed by atoms with van der Waals surface area (Å²) in [6.45, 7) is 5.38. The van der Waals surface area contributed by atoms with E-state index < -0.39 is 29.5 Å². The number of hydroxylamine groups is 2. The molecule has 1 aromatic carbocycles. The number of carbonyl (C=O) groups excluding carboxylic acids is 2. The Morgan fingerprint density at radius 1 is 1.15 bits per heavy atom. The van der Waals surface area contributed by atoms with Gasteiger partial charge in [0.25, 0.3) is 0 Å². The number of nitrogens with zero attached hydrogens (tertiary/aromatic N) is 2. The van der Waals surface area contributed by atoms with Crippen LogP contribution in [0.25, 0.3) is 0 Å². The van der Waals surface area contributed by atoms with E-state index >= 15 is 0 Å². The lowest BCUT2D eigenvalue weighted by Crippen LogP contribution is -2.58. The summed E-state index contributed by atoms with van der Waals surface area (Å²) in [7, 11) is 0. The second-order valence-electron chi connectivity index (χ2n) is 7.10. The molecule has 1 unspecified atom stereocenters. The average molecular weight is 364 g/mol. The maximum Gasteiger partial charge on any atom is 0.410 e. The number of benzene rings is 1. The van der Waals surface area contributed by atoms with Crippen LogP contribution < -0.4 is 0 Å². The zero-order valence-electron chi connectivity index (χ0n) is 15.2. The van der Waals surface area contributed by atoms with E-state index in [0.717, 1.165) is 10.5 Å². The van der Waals surface area contributed by atoms with Gasteiger partial charge < -0.3 is 14.7 Å². The normalized spacial score (nSPS) is 18.3. The van der Waals surface area contributed by atoms with Crippen molar-refractivity contribution in [2.24, 2.45) is 5.41 Å². The Labute approximate surface area is 152 Å². The second kappa shape index (κ2) is 8.18. The minimum absolute atomic E-state index is 0.0608. The molecule has 1 heterocycles. The molecule has 0 bridgehead atoms. The summed E-state index contributed by atoms with van der Waals surface area (Å²) in [4.78, 5) is 42.2. The van der Waals surface area contributed by atoms with Crippen molar-refractivity contribution in [1.82, 2.24) is 9.96 Å². The highest BCUT2D eigenvalue weighted by Gasteiger charge is 2.38. The molecule has 1 aromatic rings. The van der Waals surface area contributed by atoms with Crippen molar-refractivity contribution < 1.29 is 29.1 Å². The molecule has 0 saturated carbocycles. The van der Waals surface area contributed by atoms with Gasteiger partial charge in [0.15, 0.2) is 0 Å². The summed E-state index contributed by atoms with van der Waals surface area (Å²) in [5, 5.41) is 10.7. The number of hydrogen-bond acceptors (Lipinski definition) is 6. The number of rotatable bonds is 4. The lowest BCUT2D eigenvalue weighted by molar-refractivity contribution is -0.212. The molecule has 8 nitrogen and oxygen atoms in total. The molecule has 0 aromatic heterocycles. The number of piperazine rings is 1. The molecule has 1 aliphatic heterocycles. The Bertz CT molecular complexity index is 655.